The first-order valence-electron chi connectivity index (χ1n) is 8.15. The van der Waals surface area contributed by atoms with Crippen molar-refractivity contribution >= 4 is 29.1 Å². The molecule has 0 bridgehead atoms. The zero-order valence-corrected chi connectivity index (χ0v) is 16.3. The summed E-state index contributed by atoms with van der Waals surface area (Å²) in [7, 11) is 4.93. The zero-order chi connectivity index (χ0) is 19.6. The third-order valence-corrected chi connectivity index (χ3v) is 4.56. The van der Waals surface area contributed by atoms with Crippen LogP contribution in [0.4, 0.5) is 5.69 Å². The van der Waals surface area contributed by atoms with E-state index < -0.39 is 11.9 Å². The van der Waals surface area contributed by atoms with E-state index in [4.69, 9.17) is 11.6 Å². The van der Waals surface area contributed by atoms with Crippen molar-refractivity contribution in [3.05, 3.63) is 46.4 Å². The van der Waals surface area contributed by atoms with Gasteiger partial charge in [0.25, 0.3) is 5.56 Å². The third kappa shape index (κ3) is 3.39. The average Bonchev–Trinajstić information content (AvgIpc) is 2.85. The summed E-state index contributed by atoms with van der Waals surface area (Å²) in [6, 6.07) is 8.24. The fourth-order valence-electron chi connectivity index (χ4n) is 2.91. The maximum absolute atomic E-state index is 13.2. The molecule has 0 aliphatic rings. The number of anilines is 1. The molecule has 2 aromatic rings. The summed E-state index contributed by atoms with van der Waals surface area (Å²) in [4.78, 5) is 40.7. The number of rotatable bonds is 5. The van der Waals surface area contributed by atoms with E-state index in [1.165, 1.54) is 14.5 Å². The summed E-state index contributed by atoms with van der Waals surface area (Å²) >= 11 is 5.76. The maximum atomic E-state index is 13.2. The molecule has 7 nitrogen and oxygen atoms in total. The lowest BCUT2D eigenvalue weighted by atomic mass is 10.2. The fraction of sp³-hybridized carbons (Fsp3) is 0.389. The highest BCUT2D eigenvalue weighted by atomic mass is 35.5. The number of aromatic nitrogens is 2. The molecule has 1 atom stereocenters. The standard InChI is InChI=1S/C18H23ClN4O3/c1-12-16(22(15(24)11-19)13(2)17(25)20(3)4)18(26)23(21(12)5)14-9-7-6-8-10-14/h6-10,13H,11H2,1-5H3. The van der Waals surface area contributed by atoms with Crippen molar-refractivity contribution in [2.24, 2.45) is 7.05 Å². The average molecular weight is 379 g/mol. The van der Waals surface area contributed by atoms with E-state index >= 15 is 0 Å². The molecular formula is C18H23ClN4O3. The minimum absolute atomic E-state index is 0.157. The van der Waals surface area contributed by atoms with Gasteiger partial charge in [-0.05, 0) is 26.0 Å². The predicted molar refractivity (Wildman–Crippen MR) is 102 cm³/mol. The summed E-state index contributed by atoms with van der Waals surface area (Å²) < 4.78 is 3.13. The number of para-hydroxylation sites is 1. The molecule has 0 spiro atoms. The smallest absolute Gasteiger partial charge is 0.295 e. The third-order valence-electron chi connectivity index (χ3n) is 4.33. The van der Waals surface area contributed by atoms with Gasteiger partial charge in [0.2, 0.25) is 11.8 Å². The van der Waals surface area contributed by atoms with Gasteiger partial charge in [-0.25, -0.2) is 4.68 Å². The fourth-order valence-corrected chi connectivity index (χ4v) is 3.04. The number of carbonyl (C=O) groups is 2. The van der Waals surface area contributed by atoms with Crippen LogP contribution in [0.2, 0.25) is 0 Å². The molecule has 0 aliphatic carbocycles. The summed E-state index contributed by atoms with van der Waals surface area (Å²) in [5, 5.41) is 0. The first-order valence-corrected chi connectivity index (χ1v) is 8.69. The molecule has 0 radical (unpaired) electrons. The Bertz CT molecular complexity index is 871. The van der Waals surface area contributed by atoms with Gasteiger partial charge in [0.15, 0.2) is 0 Å². The van der Waals surface area contributed by atoms with Gasteiger partial charge < -0.3 is 4.90 Å². The van der Waals surface area contributed by atoms with Crippen molar-refractivity contribution in [1.82, 2.24) is 14.3 Å². The van der Waals surface area contributed by atoms with Gasteiger partial charge in [-0.15, -0.1) is 11.6 Å². The van der Waals surface area contributed by atoms with Gasteiger partial charge in [0.05, 0.1) is 11.4 Å². The second kappa shape index (κ2) is 7.78. The van der Waals surface area contributed by atoms with E-state index in [-0.39, 0.29) is 23.0 Å². The van der Waals surface area contributed by atoms with E-state index in [1.54, 1.807) is 51.8 Å². The Morgan fingerprint density at radius 1 is 1.19 bits per heavy atom. The number of hydrogen-bond donors (Lipinski definition) is 0. The lowest BCUT2D eigenvalue weighted by Gasteiger charge is -2.28. The number of nitrogens with zero attached hydrogens (tertiary/aromatic N) is 4. The van der Waals surface area contributed by atoms with Crippen molar-refractivity contribution in [1.29, 1.82) is 0 Å². The lowest BCUT2D eigenvalue weighted by Crippen LogP contribution is -2.50. The van der Waals surface area contributed by atoms with Gasteiger partial charge >= 0.3 is 0 Å². The molecule has 26 heavy (non-hydrogen) atoms. The molecule has 1 heterocycles. The van der Waals surface area contributed by atoms with Gasteiger partial charge in [-0.3, -0.25) is 24.0 Å². The molecule has 1 unspecified atom stereocenters. The van der Waals surface area contributed by atoms with Gasteiger partial charge in [0.1, 0.15) is 17.6 Å². The molecule has 140 valence electrons. The lowest BCUT2D eigenvalue weighted by molar-refractivity contribution is -0.131. The Balaban J connectivity index is 2.69. The van der Waals surface area contributed by atoms with Crippen LogP contribution in [0, 0.1) is 6.92 Å². The molecule has 0 aliphatic heterocycles. The van der Waals surface area contributed by atoms with Crippen LogP contribution in [0.3, 0.4) is 0 Å². The number of halogens is 1. The summed E-state index contributed by atoms with van der Waals surface area (Å²) in [5.41, 5.74) is 1.01. The molecule has 8 heteroatoms. The number of hydrogen-bond acceptors (Lipinski definition) is 3. The topological polar surface area (TPSA) is 67.6 Å². The largest absolute Gasteiger partial charge is 0.347 e. The van der Waals surface area contributed by atoms with E-state index in [0.717, 1.165) is 0 Å². The highest BCUT2D eigenvalue weighted by molar-refractivity contribution is 6.29. The molecule has 2 amide bonds. The number of carbonyl (C=O) groups excluding carboxylic acids is 2. The Morgan fingerprint density at radius 2 is 1.77 bits per heavy atom. The van der Waals surface area contributed by atoms with Crippen LogP contribution in [-0.4, -0.2) is 52.1 Å². The monoisotopic (exact) mass is 378 g/mol. The molecule has 1 aromatic carbocycles. The highest BCUT2D eigenvalue weighted by Crippen LogP contribution is 2.21. The number of amides is 2. The van der Waals surface area contributed by atoms with Gasteiger partial charge in [-0.2, -0.15) is 0 Å². The van der Waals surface area contributed by atoms with E-state index in [9.17, 15) is 14.4 Å². The Kier molecular flexibility index (Phi) is 5.92. The summed E-state index contributed by atoms with van der Waals surface area (Å²) in [6.45, 7) is 3.32. The molecule has 0 N–H and O–H groups in total. The summed E-state index contributed by atoms with van der Waals surface area (Å²) in [6.07, 6.45) is 0. The van der Waals surface area contributed by atoms with Gasteiger partial charge in [-0.1, -0.05) is 18.2 Å². The van der Waals surface area contributed by atoms with Crippen molar-refractivity contribution in [3.8, 4) is 5.69 Å². The van der Waals surface area contributed by atoms with Gasteiger partial charge in [0, 0.05) is 21.1 Å². The minimum atomic E-state index is -0.853. The Hall–Kier alpha value is -2.54. The minimum Gasteiger partial charge on any atom is -0.347 e. The SMILES string of the molecule is Cc1c(N(C(=O)CCl)C(C)C(=O)N(C)C)c(=O)n(-c2ccccc2)n1C. The molecular weight excluding hydrogens is 356 g/mol. The van der Waals surface area contributed by atoms with Crippen LogP contribution < -0.4 is 10.5 Å². The van der Waals surface area contributed by atoms with E-state index in [1.807, 2.05) is 18.2 Å². The maximum Gasteiger partial charge on any atom is 0.295 e. The number of benzene rings is 1. The first kappa shape index (κ1) is 19.8. The second-order valence-electron chi connectivity index (χ2n) is 6.22. The second-order valence-corrected chi connectivity index (χ2v) is 6.48. The predicted octanol–water partition coefficient (Wildman–Crippen LogP) is 1.53. The number of likely N-dealkylation sites (N-methyl/N-ethyl adjacent to an activating group) is 1. The van der Waals surface area contributed by atoms with Crippen LogP contribution in [0.15, 0.2) is 35.1 Å². The Morgan fingerprint density at radius 3 is 2.27 bits per heavy atom. The van der Waals surface area contributed by atoms with Crippen LogP contribution in [0.25, 0.3) is 5.69 Å². The van der Waals surface area contributed by atoms with Crippen LogP contribution in [0.1, 0.15) is 12.6 Å². The summed E-state index contributed by atoms with van der Waals surface area (Å²) in [5.74, 6) is -1.12. The number of alkyl halides is 1. The van der Waals surface area contributed by atoms with Crippen molar-refractivity contribution < 1.29 is 9.59 Å². The van der Waals surface area contributed by atoms with E-state index in [2.05, 4.69) is 0 Å². The van der Waals surface area contributed by atoms with E-state index in [0.29, 0.717) is 11.4 Å². The molecule has 0 saturated heterocycles. The van der Waals surface area contributed by atoms with Crippen molar-refractivity contribution in [2.75, 3.05) is 24.9 Å². The quantitative estimate of drug-likeness (QED) is 0.741. The molecule has 1 aromatic heterocycles. The molecule has 0 fully saturated rings. The molecule has 0 saturated carbocycles. The van der Waals surface area contributed by atoms with Crippen LogP contribution in [0.5, 0.6) is 0 Å². The highest BCUT2D eigenvalue weighted by Gasteiger charge is 2.33. The first-order chi connectivity index (χ1) is 12.2. The van der Waals surface area contributed by atoms with Crippen molar-refractivity contribution in [2.45, 2.75) is 19.9 Å². The zero-order valence-electron chi connectivity index (χ0n) is 15.6. The van der Waals surface area contributed by atoms with Crippen LogP contribution in [-0.2, 0) is 16.6 Å². The van der Waals surface area contributed by atoms with Crippen molar-refractivity contribution in [3.63, 3.8) is 0 Å². The normalized spacial score (nSPS) is 11.9. The molecule has 2 rings (SSSR count). The Labute approximate surface area is 157 Å². The van der Waals surface area contributed by atoms with Crippen LogP contribution >= 0.6 is 11.6 Å².